The van der Waals surface area contributed by atoms with Gasteiger partial charge >= 0.3 is 0 Å². The second-order valence-electron chi connectivity index (χ2n) is 12.2. The Morgan fingerprint density at radius 1 is 1.18 bits per heavy atom. The Hall–Kier alpha value is -1.50. The lowest BCUT2D eigenvalue weighted by Gasteiger charge is -2.60. The summed E-state index contributed by atoms with van der Waals surface area (Å²) in [6.45, 7) is 6.91. The molecule has 4 saturated carbocycles. The van der Waals surface area contributed by atoms with Crippen LogP contribution in [0.15, 0.2) is 0 Å². The zero-order chi connectivity index (χ0) is 24.0. The lowest BCUT2D eigenvalue weighted by atomic mass is 9.44. The quantitative estimate of drug-likeness (QED) is 0.439. The molecule has 1 amide bonds. The molecule has 7 heteroatoms. The fraction of sp³-hybridized carbons (Fsp3) is 0.923. The number of hydrogen-bond acceptors (Lipinski definition) is 5. The highest BCUT2D eigenvalue weighted by Crippen LogP contribution is 2.67. The van der Waals surface area contributed by atoms with Gasteiger partial charge in [0.05, 0.1) is 12.6 Å². The fourth-order valence-corrected chi connectivity index (χ4v) is 8.82. The number of carbonyl (C=O) groups is 2. The van der Waals surface area contributed by atoms with E-state index >= 15 is 0 Å². The van der Waals surface area contributed by atoms with Crippen molar-refractivity contribution in [2.45, 2.75) is 91.1 Å². The smallest absolute Gasteiger partial charge is 0.220 e. The van der Waals surface area contributed by atoms with Gasteiger partial charge in [-0.15, -0.1) is 0 Å². The van der Waals surface area contributed by atoms with E-state index in [2.05, 4.69) is 26.1 Å². The predicted molar refractivity (Wildman–Crippen MR) is 125 cm³/mol. The maximum absolute atomic E-state index is 13.5. The zero-order valence-electron chi connectivity index (χ0n) is 20.6. The number of carbonyl (C=O) groups excluding carboxylic acids is 2. The Morgan fingerprint density at radius 2 is 1.88 bits per heavy atom. The molecule has 4 fully saturated rings. The van der Waals surface area contributed by atoms with Crippen molar-refractivity contribution in [2.24, 2.45) is 46.3 Å². The van der Waals surface area contributed by atoms with Crippen molar-refractivity contribution in [3.63, 3.8) is 0 Å². The Balaban J connectivity index is 1.41. The van der Waals surface area contributed by atoms with Gasteiger partial charge in [0, 0.05) is 23.7 Å². The van der Waals surface area contributed by atoms with Crippen LogP contribution < -0.4 is 5.32 Å². The molecule has 0 heterocycles. The van der Waals surface area contributed by atoms with Gasteiger partial charge in [-0.2, -0.15) is 0 Å². The molecule has 0 aromatic heterocycles. The van der Waals surface area contributed by atoms with Gasteiger partial charge in [-0.05, 0) is 91.8 Å². The number of amides is 1. The van der Waals surface area contributed by atoms with Crippen molar-refractivity contribution in [3.05, 3.63) is 10.1 Å². The van der Waals surface area contributed by atoms with Crippen molar-refractivity contribution in [2.75, 3.05) is 13.1 Å². The van der Waals surface area contributed by atoms with E-state index in [-0.39, 0.29) is 41.8 Å². The Labute approximate surface area is 197 Å². The number of ketones is 1. The van der Waals surface area contributed by atoms with Gasteiger partial charge in [0.2, 0.25) is 12.5 Å². The number of nitrogens with zero attached hydrogens (tertiary/aromatic N) is 1. The highest BCUT2D eigenvalue weighted by atomic mass is 16.6. The van der Waals surface area contributed by atoms with E-state index < -0.39 is 4.92 Å². The number of rotatable bonds is 7. The van der Waals surface area contributed by atoms with Gasteiger partial charge < -0.3 is 10.4 Å². The molecule has 2 N–H and O–H groups in total. The first-order valence-corrected chi connectivity index (χ1v) is 13.2. The third kappa shape index (κ3) is 4.46. The summed E-state index contributed by atoms with van der Waals surface area (Å²) in [4.78, 5) is 35.6. The highest BCUT2D eigenvalue weighted by molar-refractivity contribution is 5.83. The summed E-state index contributed by atoms with van der Waals surface area (Å²) in [7, 11) is 0. The van der Waals surface area contributed by atoms with E-state index in [9.17, 15) is 24.8 Å². The molecule has 0 aromatic carbocycles. The highest BCUT2D eigenvalue weighted by Gasteiger charge is 2.62. The standard InChI is InChI=1S/C26H42N2O5/c1-16(4-7-23(31)27-12-13-28(32)33)19-5-6-20-24-21(9-11-26(19,20)3)25(2)10-8-18(29)14-17(25)15-22(24)30/h16-21,24,29H,4-15H2,1-3H3,(H,27,31). The Morgan fingerprint density at radius 3 is 2.61 bits per heavy atom. The first-order chi connectivity index (χ1) is 15.6. The summed E-state index contributed by atoms with van der Waals surface area (Å²) >= 11 is 0. The number of aliphatic hydroxyl groups excluding tert-OH is 1. The molecule has 0 aromatic rings. The van der Waals surface area contributed by atoms with Crippen molar-refractivity contribution < 1.29 is 19.6 Å². The maximum Gasteiger partial charge on any atom is 0.220 e. The molecule has 33 heavy (non-hydrogen) atoms. The molecule has 0 bridgehead atoms. The van der Waals surface area contributed by atoms with Crippen LogP contribution in [-0.4, -0.2) is 40.9 Å². The number of nitro groups is 1. The van der Waals surface area contributed by atoms with E-state index in [4.69, 9.17) is 0 Å². The summed E-state index contributed by atoms with van der Waals surface area (Å²) in [5, 5.41) is 23.3. The van der Waals surface area contributed by atoms with Crippen LogP contribution >= 0.6 is 0 Å². The van der Waals surface area contributed by atoms with Crippen LogP contribution in [0, 0.1) is 56.5 Å². The summed E-state index contributed by atoms with van der Waals surface area (Å²) in [5.74, 6) is 2.66. The van der Waals surface area contributed by atoms with E-state index in [1.54, 1.807) is 0 Å². The van der Waals surface area contributed by atoms with E-state index in [1.165, 1.54) is 0 Å². The summed E-state index contributed by atoms with van der Waals surface area (Å²) < 4.78 is 0. The van der Waals surface area contributed by atoms with Crippen LogP contribution in [0.5, 0.6) is 0 Å². The monoisotopic (exact) mass is 462 g/mol. The van der Waals surface area contributed by atoms with Gasteiger partial charge in [-0.1, -0.05) is 20.8 Å². The van der Waals surface area contributed by atoms with E-state index in [0.29, 0.717) is 48.2 Å². The zero-order valence-corrected chi connectivity index (χ0v) is 20.6. The van der Waals surface area contributed by atoms with Crippen LogP contribution in [0.2, 0.25) is 0 Å². The lowest BCUT2D eigenvalue weighted by molar-refractivity contribution is -0.477. The van der Waals surface area contributed by atoms with E-state index in [1.807, 2.05) is 0 Å². The Bertz CT molecular complexity index is 787. The molecule has 9 atom stereocenters. The molecular weight excluding hydrogens is 420 g/mol. The molecule has 0 spiro atoms. The molecule has 4 aliphatic rings. The van der Waals surface area contributed by atoms with Gasteiger partial charge in [-0.3, -0.25) is 19.7 Å². The minimum absolute atomic E-state index is 0.0887. The van der Waals surface area contributed by atoms with Gasteiger partial charge in [0.15, 0.2) is 0 Å². The van der Waals surface area contributed by atoms with Crippen LogP contribution in [0.3, 0.4) is 0 Å². The average Bonchev–Trinajstić information content (AvgIpc) is 3.10. The molecular formula is C26H42N2O5. The van der Waals surface area contributed by atoms with Crippen LogP contribution in [-0.2, 0) is 9.59 Å². The van der Waals surface area contributed by atoms with Crippen LogP contribution in [0.25, 0.3) is 0 Å². The third-order valence-corrected chi connectivity index (χ3v) is 10.6. The second kappa shape index (κ2) is 9.27. The summed E-state index contributed by atoms with van der Waals surface area (Å²) in [5.41, 5.74) is 0.334. The van der Waals surface area contributed by atoms with Crippen LogP contribution in [0.1, 0.15) is 85.0 Å². The SMILES string of the molecule is CC(CCC(=O)NCC[N+](=O)[O-])C1CCC2C3C(=O)CC4CC(O)CCC4(C)C3CCC12C. The molecule has 4 rings (SSSR count). The predicted octanol–water partition coefficient (Wildman–Crippen LogP) is 3.99. The van der Waals surface area contributed by atoms with Gasteiger partial charge in [0.1, 0.15) is 5.78 Å². The average molecular weight is 463 g/mol. The van der Waals surface area contributed by atoms with Crippen molar-refractivity contribution in [1.29, 1.82) is 0 Å². The number of aliphatic hydroxyl groups is 1. The molecule has 9 unspecified atom stereocenters. The largest absolute Gasteiger partial charge is 0.393 e. The van der Waals surface area contributed by atoms with E-state index in [0.717, 1.165) is 51.4 Å². The number of hydrogen-bond donors (Lipinski definition) is 2. The molecule has 0 aliphatic heterocycles. The lowest BCUT2D eigenvalue weighted by Crippen LogP contribution is -2.57. The fourth-order valence-electron chi connectivity index (χ4n) is 8.82. The van der Waals surface area contributed by atoms with Crippen molar-refractivity contribution in [3.8, 4) is 0 Å². The number of Topliss-reactive ketones (excluding diaryl/α,β-unsaturated/α-hetero) is 1. The van der Waals surface area contributed by atoms with Crippen LogP contribution in [0.4, 0.5) is 0 Å². The summed E-state index contributed by atoms with van der Waals surface area (Å²) in [6.07, 6.45) is 8.80. The Kier molecular flexibility index (Phi) is 6.92. The molecule has 7 nitrogen and oxygen atoms in total. The minimum atomic E-state index is -0.413. The normalized spacial score (nSPS) is 43.2. The van der Waals surface area contributed by atoms with Crippen molar-refractivity contribution >= 4 is 11.7 Å². The van der Waals surface area contributed by atoms with Gasteiger partial charge in [0.25, 0.3) is 0 Å². The maximum atomic E-state index is 13.5. The van der Waals surface area contributed by atoms with Crippen molar-refractivity contribution in [1.82, 2.24) is 5.32 Å². The number of fused-ring (bicyclic) bond motifs is 5. The number of nitrogens with one attached hydrogen (secondary N) is 1. The first-order valence-electron chi connectivity index (χ1n) is 13.2. The minimum Gasteiger partial charge on any atom is -0.393 e. The second-order valence-corrected chi connectivity index (χ2v) is 12.2. The van der Waals surface area contributed by atoms with Gasteiger partial charge in [-0.25, -0.2) is 0 Å². The molecule has 0 radical (unpaired) electrons. The first kappa shape index (κ1) is 24.6. The summed E-state index contributed by atoms with van der Waals surface area (Å²) in [6, 6.07) is 0. The molecule has 4 aliphatic carbocycles. The third-order valence-electron chi connectivity index (χ3n) is 10.6. The molecule has 0 saturated heterocycles. The molecule has 186 valence electrons. The topological polar surface area (TPSA) is 110 Å².